The molecule has 2 atom stereocenters. The van der Waals surface area contributed by atoms with Crippen LogP contribution in [0.5, 0.6) is 0 Å². The first-order valence-corrected chi connectivity index (χ1v) is 7.26. The van der Waals surface area contributed by atoms with Crippen LogP contribution in [0, 0.1) is 5.92 Å². The lowest BCUT2D eigenvalue weighted by atomic mass is 9.98. The molecule has 1 fully saturated rings. The van der Waals surface area contributed by atoms with Crippen LogP contribution >= 0.6 is 0 Å². The van der Waals surface area contributed by atoms with E-state index in [1.165, 1.54) is 0 Å². The maximum Gasteiger partial charge on any atom is 0.231 e. The van der Waals surface area contributed by atoms with Gasteiger partial charge in [-0.3, -0.25) is 0 Å². The normalized spacial score (nSPS) is 22.1. The molecule has 0 aliphatic carbocycles. The van der Waals surface area contributed by atoms with Crippen LogP contribution in [-0.2, 0) is 6.42 Å². The van der Waals surface area contributed by atoms with E-state index >= 15 is 0 Å². The van der Waals surface area contributed by atoms with E-state index in [-0.39, 0.29) is 0 Å². The summed E-state index contributed by atoms with van der Waals surface area (Å²) < 4.78 is 5.42. The van der Waals surface area contributed by atoms with E-state index in [1.54, 1.807) is 0 Å². The zero-order chi connectivity index (χ0) is 14.2. The molecular formula is C15H17N5O. The zero-order valence-electron chi connectivity index (χ0n) is 11.8. The van der Waals surface area contributed by atoms with E-state index in [1.807, 2.05) is 24.3 Å². The summed E-state index contributed by atoms with van der Waals surface area (Å²) in [5.41, 5.74) is 2.00. The third kappa shape index (κ3) is 2.31. The molecule has 0 bridgehead atoms. The van der Waals surface area contributed by atoms with E-state index in [4.69, 9.17) is 4.52 Å². The predicted octanol–water partition coefficient (Wildman–Crippen LogP) is 1.86. The standard InChI is InChI=1S/C15H17N5O/c1-9-7-16-8-10(9)15-19-14(20-21-15)6-13-17-11-4-2-3-5-12(11)18-13/h2-5,9-10,16H,6-8H2,1H3,(H,17,18)/t9-,10-/m1/s1. The summed E-state index contributed by atoms with van der Waals surface area (Å²) in [5.74, 6) is 3.13. The minimum absolute atomic E-state index is 0.321. The van der Waals surface area contributed by atoms with Crippen molar-refractivity contribution < 1.29 is 4.52 Å². The number of hydrogen-bond acceptors (Lipinski definition) is 5. The van der Waals surface area contributed by atoms with E-state index in [0.717, 1.165) is 35.8 Å². The van der Waals surface area contributed by atoms with E-state index < -0.39 is 0 Å². The second-order valence-electron chi connectivity index (χ2n) is 5.67. The van der Waals surface area contributed by atoms with Gasteiger partial charge in [-0.2, -0.15) is 4.98 Å². The Morgan fingerprint density at radius 2 is 2.14 bits per heavy atom. The Morgan fingerprint density at radius 3 is 2.95 bits per heavy atom. The molecule has 4 rings (SSSR count). The van der Waals surface area contributed by atoms with Gasteiger partial charge in [0.25, 0.3) is 0 Å². The molecule has 1 aliphatic heterocycles. The first-order chi connectivity index (χ1) is 10.3. The van der Waals surface area contributed by atoms with Gasteiger partial charge in [-0.05, 0) is 24.6 Å². The van der Waals surface area contributed by atoms with Crippen molar-refractivity contribution in [1.82, 2.24) is 25.4 Å². The molecule has 1 aliphatic rings. The summed E-state index contributed by atoms with van der Waals surface area (Å²) in [5, 5.41) is 7.44. The molecule has 0 unspecified atom stereocenters. The summed E-state index contributed by atoms with van der Waals surface area (Å²) in [6.07, 6.45) is 0.562. The number of fused-ring (bicyclic) bond motifs is 1. The van der Waals surface area contributed by atoms with Gasteiger partial charge < -0.3 is 14.8 Å². The number of para-hydroxylation sites is 2. The van der Waals surface area contributed by atoms with Crippen molar-refractivity contribution in [3.8, 4) is 0 Å². The Bertz CT molecular complexity index is 729. The van der Waals surface area contributed by atoms with Crippen LogP contribution in [0.15, 0.2) is 28.8 Å². The van der Waals surface area contributed by atoms with Crippen LogP contribution in [0.4, 0.5) is 0 Å². The molecule has 2 aromatic heterocycles. The number of rotatable bonds is 3. The summed E-state index contributed by atoms with van der Waals surface area (Å²) in [4.78, 5) is 12.4. The number of nitrogens with zero attached hydrogens (tertiary/aromatic N) is 3. The largest absolute Gasteiger partial charge is 0.342 e. The minimum atomic E-state index is 0.321. The van der Waals surface area contributed by atoms with Crippen molar-refractivity contribution in [2.45, 2.75) is 19.3 Å². The Labute approximate surface area is 122 Å². The Hall–Kier alpha value is -2.21. The fourth-order valence-electron chi connectivity index (χ4n) is 2.87. The molecule has 3 heterocycles. The fourth-order valence-corrected chi connectivity index (χ4v) is 2.87. The van der Waals surface area contributed by atoms with E-state index in [9.17, 15) is 0 Å². The quantitative estimate of drug-likeness (QED) is 0.767. The van der Waals surface area contributed by atoms with Gasteiger partial charge in [-0.25, -0.2) is 4.98 Å². The molecule has 0 amide bonds. The maximum absolute atomic E-state index is 5.42. The molecule has 1 saturated heterocycles. The van der Waals surface area contributed by atoms with E-state index in [0.29, 0.717) is 24.1 Å². The van der Waals surface area contributed by atoms with Crippen molar-refractivity contribution in [2.24, 2.45) is 5.92 Å². The SMILES string of the molecule is C[C@@H]1CNC[C@H]1c1nc(Cc2nc3ccccc3[nH]2)no1. The molecule has 2 N–H and O–H groups in total. The lowest BCUT2D eigenvalue weighted by Crippen LogP contribution is -2.08. The summed E-state index contributed by atoms with van der Waals surface area (Å²) in [7, 11) is 0. The molecule has 21 heavy (non-hydrogen) atoms. The van der Waals surface area contributed by atoms with E-state index in [2.05, 4.69) is 32.3 Å². The smallest absolute Gasteiger partial charge is 0.231 e. The number of aromatic amines is 1. The number of imidazole rings is 1. The Balaban J connectivity index is 1.55. The van der Waals surface area contributed by atoms with Crippen LogP contribution in [0.2, 0.25) is 0 Å². The number of benzene rings is 1. The number of nitrogens with one attached hydrogen (secondary N) is 2. The van der Waals surface area contributed by atoms with Crippen LogP contribution in [0.1, 0.15) is 30.4 Å². The highest BCUT2D eigenvalue weighted by Gasteiger charge is 2.29. The second kappa shape index (κ2) is 4.96. The van der Waals surface area contributed by atoms with Crippen LogP contribution in [-0.4, -0.2) is 33.2 Å². The Kier molecular flexibility index (Phi) is 2.96. The molecule has 6 heteroatoms. The third-order valence-corrected chi connectivity index (χ3v) is 4.08. The lowest BCUT2D eigenvalue weighted by molar-refractivity contribution is 0.337. The second-order valence-corrected chi connectivity index (χ2v) is 5.67. The van der Waals surface area contributed by atoms with Gasteiger partial charge >= 0.3 is 0 Å². The van der Waals surface area contributed by atoms with Crippen LogP contribution in [0.25, 0.3) is 11.0 Å². The zero-order valence-corrected chi connectivity index (χ0v) is 11.8. The average Bonchev–Trinajstić information content (AvgIpc) is 3.17. The van der Waals surface area contributed by atoms with Crippen LogP contribution < -0.4 is 5.32 Å². The van der Waals surface area contributed by atoms with Crippen molar-refractivity contribution in [3.05, 3.63) is 41.8 Å². The van der Waals surface area contributed by atoms with Gasteiger partial charge in [0.15, 0.2) is 5.82 Å². The van der Waals surface area contributed by atoms with Gasteiger partial charge in [0, 0.05) is 6.54 Å². The average molecular weight is 283 g/mol. The van der Waals surface area contributed by atoms with Crippen LogP contribution in [0.3, 0.4) is 0 Å². The first-order valence-electron chi connectivity index (χ1n) is 7.26. The van der Waals surface area contributed by atoms with Gasteiger partial charge in [0.05, 0.1) is 23.4 Å². The van der Waals surface area contributed by atoms with Crippen molar-refractivity contribution in [2.75, 3.05) is 13.1 Å². The van der Waals surface area contributed by atoms with Gasteiger partial charge in [-0.1, -0.05) is 24.2 Å². The molecule has 108 valence electrons. The molecule has 1 aromatic carbocycles. The molecular weight excluding hydrogens is 266 g/mol. The summed E-state index contributed by atoms with van der Waals surface area (Å²) >= 11 is 0. The van der Waals surface area contributed by atoms with Crippen molar-refractivity contribution in [3.63, 3.8) is 0 Å². The highest BCUT2D eigenvalue weighted by atomic mass is 16.5. The number of hydrogen-bond donors (Lipinski definition) is 2. The third-order valence-electron chi connectivity index (χ3n) is 4.08. The molecule has 0 radical (unpaired) electrons. The highest BCUT2D eigenvalue weighted by Crippen LogP contribution is 2.26. The van der Waals surface area contributed by atoms with Gasteiger partial charge in [0.1, 0.15) is 5.82 Å². The van der Waals surface area contributed by atoms with Crippen molar-refractivity contribution >= 4 is 11.0 Å². The highest BCUT2D eigenvalue weighted by molar-refractivity contribution is 5.74. The first kappa shape index (κ1) is 12.5. The summed E-state index contributed by atoms with van der Waals surface area (Å²) in [6, 6.07) is 7.97. The fraction of sp³-hybridized carbons (Fsp3) is 0.400. The minimum Gasteiger partial charge on any atom is -0.342 e. The van der Waals surface area contributed by atoms with Crippen molar-refractivity contribution in [1.29, 1.82) is 0 Å². The monoisotopic (exact) mass is 283 g/mol. The number of aromatic nitrogens is 4. The predicted molar refractivity (Wildman–Crippen MR) is 78.0 cm³/mol. The lowest BCUT2D eigenvalue weighted by Gasteiger charge is -2.07. The van der Waals surface area contributed by atoms with Gasteiger partial charge in [0.2, 0.25) is 5.89 Å². The topological polar surface area (TPSA) is 79.6 Å². The molecule has 6 nitrogen and oxygen atoms in total. The summed E-state index contributed by atoms with van der Waals surface area (Å²) in [6.45, 7) is 4.12. The Morgan fingerprint density at radius 1 is 1.24 bits per heavy atom. The molecule has 3 aromatic rings. The molecule has 0 saturated carbocycles. The van der Waals surface area contributed by atoms with Gasteiger partial charge in [-0.15, -0.1) is 0 Å². The maximum atomic E-state index is 5.42. The molecule has 0 spiro atoms. The number of H-pyrrole nitrogens is 1.